The van der Waals surface area contributed by atoms with E-state index in [2.05, 4.69) is 15.4 Å². The van der Waals surface area contributed by atoms with Crippen LogP contribution in [0.2, 0.25) is 0 Å². The molecule has 0 spiro atoms. The molecule has 3 aromatic rings. The number of aryl methyl sites for hydroxylation is 1. The number of benzene rings is 3. The molecule has 0 saturated heterocycles. The van der Waals surface area contributed by atoms with Crippen molar-refractivity contribution in [3.05, 3.63) is 95.1 Å². The minimum atomic E-state index is -4.87. The summed E-state index contributed by atoms with van der Waals surface area (Å²) < 4.78 is 83.9. The molecule has 2 amide bonds. The van der Waals surface area contributed by atoms with Crippen LogP contribution in [-0.2, 0) is 15.1 Å². The molecule has 1 aliphatic rings. The van der Waals surface area contributed by atoms with E-state index in [0.29, 0.717) is 22.4 Å². The lowest BCUT2D eigenvalue weighted by atomic mass is 9.78. The molecule has 0 saturated carbocycles. The molecular formula is C31H28F6N2O4. The second-order valence-corrected chi connectivity index (χ2v) is 10.3. The van der Waals surface area contributed by atoms with Gasteiger partial charge in [-0.3, -0.25) is 9.59 Å². The lowest BCUT2D eigenvalue weighted by Gasteiger charge is -2.37. The Morgan fingerprint density at radius 2 is 1.51 bits per heavy atom. The van der Waals surface area contributed by atoms with E-state index in [1.165, 1.54) is 12.1 Å². The summed E-state index contributed by atoms with van der Waals surface area (Å²) in [5.41, 5.74) is 1.76. The molecule has 43 heavy (non-hydrogen) atoms. The summed E-state index contributed by atoms with van der Waals surface area (Å²) in [4.78, 5) is 26.9. The third-order valence-corrected chi connectivity index (χ3v) is 6.79. The van der Waals surface area contributed by atoms with Gasteiger partial charge in [-0.15, -0.1) is 13.2 Å². The Bertz CT molecular complexity index is 1480. The van der Waals surface area contributed by atoms with Gasteiger partial charge in [0.1, 0.15) is 17.1 Å². The van der Waals surface area contributed by atoms with Crippen LogP contribution < -0.4 is 20.1 Å². The first-order chi connectivity index (χ1) is 20.1. The molecule has 12 heteroatoms. The van der Waals surface area contributed by atoms with E-state index in [1.807, 2.05) is 19.1 Å². The summed E-state index contributed by atoms with van der Waals surface area (Å²) in [5.74, 6) is -1.50. The number of anilines is 1. The summed E-state index contributed by atoms with van der Waals surface area (Å²) in [6.07, 6.45) is -10.0. The maximum absolute atomic E-state index is 13.5. The maximum Gasteiger partial charge on any atom is 0.573 e. The van der Waals surface area contributed by atoms with Crippen LogP contribution in [-0.4, -0.2) is 31.0 Å². The quantitative estimate of drug-likeness (QED) is 0.151. The SMILES string of the molecule is Cc1ccc(C2=C(C(=O)Nc3ccc(OC(F)(F)F)cc3)C(=O)NC(C)(c3ccc(OCCCC(F)(F)F)cc3)C2)cc1. The second kappa shape index (κ2) is 12.4. The molecule has 0 radical (unpaired) electrons. The molecule has 2 N–H and O–H groups in total. The predicted molar refractivity (Wildman–Crippen MR) is 147 cm³/mol. The molecule has 0 bridgehead atoms. The van der Waals surface area contributed by atoms with E-state index in [0.717, 1.165) is 17.7 Å². The number of nitrogens with one attached hydrogen (secondary N) is 2. The zero-order valence-electron chi connectivity index (χ0n) is 23.2. The maximum atomic E-state index is 13.5. The van der Waals surface area contributed by atoms with Gasteiger partial charge < -0.3 is 20.1 Å². The number of hydrogen-bond donors (Lipinski definition) is 2. The van der Waals surface area contributed by atoms with E-state index >= 15 is 0 Å². The number of carbonyl (C=O) groups excluding carboxylic acids is 2. The summed E-state index contributed by atoms with van der Waals surface area (Å²) in [7, 11) is 0. The van der Waals surface area contributed by atoms with Crippen LogP contribution in [0.15, 0.2) is 78.4 Å². The fraction of sp³-hybridized carbons (Fsp3) is 0.290. The first-order valence-corrected chi connectivity index (χ1v) is 13.2. The average Bonchev–Trinajstić information content (AvgIpc) is 2.91. The van der Waals surface area contributed by atoms with Crippen molar-refractivity contribution in [3.63, 3.8) is 0 Å². The van der Waals surface area contributed by atoms with Crippen molar-refractivity contribution in [1.29, 1.82) is 0 Å². The van der Waals surface area contributed by atoms with Gasteiger partial charge in [0, 0.05) is 18.5 Å². The van der Waals surface area contributed by atoms with Crippen molar-refractivity contribution in [2.75, 3.05) is 11.9 Å². The van der Waals surface area contributed by atoms with Gasteiger partial charge in [0.05, 0.1) is 12.1 Å². The smallest absolute Gasteiger partial charge is 0.494 e. The van der Waals surface area contributed by atoms with Gasteiger partial charge >= 0.3 is 12.5 Å². The van der Waals surface area contributed by atoms with Crippen LogP contribution in [0.4, 0.5) is 32.0 Å². The number of ether oxygens (including phenoxy) is 2. The summed E-state index contributed by atoms with van der Waals surface area (Å²) >= 11 is 0. The monoisotopic (exact) mass is 606 g/mol. The van der Waals surface area contributed by atoms with E-state index in [1.54, 1.807) is 43.3 Å². The van der Waals surface area contributed by atoms with Crippen LogP contribution in [0, 0.1) is 6.92 Å². The Morgan fingerprint density at radius 1 is 0.907 bits per heavy atom. The minimum Gasteiger partial charge on any atom is -0.494 e. The van der Waals surface area contributed by atoms with Crippen molar-refractivity contribution in [1.82, 2.24) is 5.32 Å². The third-order valence-electron chi connectivity index (χ3n) is 6.79. The zero-order valence-corrected chi connectivity index (χ0v) is 23.2. The average molecular weight is 607 g/mol. The fourth-order valence-corrected chi connectivity index (χ4v) is 4.67. The summed E-state index contributed by atoms with van der Waals surface area (Å²) in [5, 5.41) is 5.46. The van der Waals surface area contributed by atoms with E-state index in [4.69, 9.17) is 4.74 Å². The number of amides is 2. The molecule has 0 fully saturated rings. The third kappa shape index (κ3) is 8.52. The molecule has 0 aliphatic carbocycles. The van der Waals surface area contributed by atoms with Gasteiger partial charge in [-0.2, -0.15) is 13.2 Å². The first-order valence-electron chi connectivity index (χ1n) is 13.2. The summed E-state index contributed by atoms with van der Waals surface area (Å²) in [6.45, 7) is 3.57. The van der Waals surface area contributed by atoms with Crippen molar-refractivity contribution in [2.45, 2.75) is 51.2 Å². The van der Waals surface area contributed by atoms with Crippen LogP contribution in [0.5, 0.6) is 11.5 Å². The molecule has 6 nitrogen and oxygen atoms in total. The van der Waals surface area contributed by atoms with Gasteiger partial charge in [0.25, 0.3) is 11.8 Å². The highest BCUT2D eigenvalue weighted by Crippen LogP contribution is 2.39. The van der Waals surface area contributed by atoms with Gasteiger partial charge in [-0.05, 0) is 73.4 Å². The molecule has 1 unspecified atom stereocenters. The highest BCUT2D eigenvalue weighted by molar-refractivity contribution is 6.28. The normalized spacial score (nSPS) is 17.3. The lowest BCUT2D eigenvalue weighted by molar-refractivity contribution is -0.274. The van der Waals surface area contributed by atoms with E-state index in [9.17, 15) is 35.9 Å². The van der Waals surface area contributed by atoms with Crippen LogP contribution in [0.3, 0.4) is 0 Å². The number of carbonyl (C=O) groups is 2. The van der Waals surface area contributed by atoms with Gasteiger partial charge in [0.15, 0.2) is 0 Å². The fourth-order valence-electron chi connectivity index (χ4n) is 4.67. The molecule has 0 aromatic heterocycles. The van der Waals surface area contributed by atoms with Gasteiger partial charge in [-0.25, -0.2) is 0 Å². The number of rotatable bonds is 9. The molecule has 1 atom stereocenters. The van der Waals surface area contributed by atoms with Crippen LogP contribution >= 0.6 is 0 Å². The van der Waals surface area contributed by atoms with Crippen molar-refractivity contribution >= 4 is 23.1 Å². The van der Waals surface area contributed by atoms with E-state index < -0.39 is 42.1 Å². The topological polar surface area (TPSA) is 76.7 Å². The highest BCUT2D eigenvalue weighted by atomic mass is 19.4. The second-order valence-electron chi connectivity index (χ2n) is 10.3. The predicted octanol–water partition coefficient (Wildman–Crippen LogP) is 7.44. The molecule has 228 valence electrons. The zero-order chi connectivity index (χ0) is 31.4. The van der Waals surface area contributed by atoms with E-state index in [-0.39, 0.29) is 30.7 Å². The van der Waals surface area contributed by atoms with Crippen LogP contribution in [0.1, 0.15) is 42.9 Å². The summed E-state index contributed by atoms with van der Waals surface area (Å²) in [6, 6.07) is 18.4. The number of alkyl halides is 6. The Morgan fingerprint density at radius 3 is 2.09 bits per heavy atom. The van der Waals surface area contributed by atoms with Gasteiger partial charge in [-0.1, -0.05) is 42.0 Å². The van der Waals surface area contributed by atoms with Crippen molar-refractivity contribution in [2.24, 2.45) is 0 Å². The highest BCUT2D eigenvalue weighted by Gasteiger charge is 2.40. The molecule has 1 aliphatic heterocycles. The van der Waals surface area contributed by atoms with Crippen molar-refractivity contribution < 1.29 is 45.4 Å². The van der Waals surface area contributed by atoms with Gasteiger partial charge in [0.2, 0.25) is 0 Å². The standard InChI is InChI=1S/C31H28F6N2O4/c1-19-4-6-20(7-5-19)25-18-29(2,21-8-12-23(13-9-21)42-17-3-16-30(32,33)34)39-28(41)26(25)27(40)38-22-10-14-24(15-11-22)43-31(35,36)37/h4-15H,3,16-18H2,1-2H3,(H,38,40)(H,39,41). The largest absolute Gasteiger partial charge is 0.573 e. The minimum absolute atomic E-state index is 0.107. The Kier molecular flexibility index (Phi) is 9.07. The molecule has 1 heterocycles. The molecule has 3 aromatic carbocycles. The Hall–Kier alpha value is -4.48. The Labute approximate surface area is 243 Å². The van der Waals surface area contributed by atoms with Crippen molar-refractivity contribution in [3.8, 4) is 11.5 Å². The lowest BCUT2D eigenvalue weighted by Crippen LogP contribution is -2.49. The van der Waals surface area contributed by atoms with Crippen LogP contribution in [0.25, 0.3) is 5.57 Å². The Balaban J connectivity index is 1.58. The molecule has 4 rings (SSSR count). The number of hydrogen-bond acceptors (Lipinski definition) is 4. The molecular weight excluding hydrogens is 578 g/mol. The number of halogens is 6. The first kappa shape index (κ1) is 31.5.